The van der Waals surface area contributed by atoms with Gasteiger partial charge in [-0.15, -0.1) is 0 Å². The Morgan fingerprint density at radius 3 is 2.89 bits per heavy atom. The van der Waals surface area contributed by atoms with Gasteiger partial charge in [0.1, 0.15) is 11.6 Å². The highest BCUT2D eigenvalue weighted by Gasteiger charge is 2.19. The van der Waals surface area contributed by atoms with Crippen molar-refractivity contribution in [2.75, 3.05) is 19.6 Å². The molecular weight excluding hydrogens is 246 g/mol. The minimum Gasteiger partial charge on any atom is -0.323 e. The third-order valence-electron chi connectivity index (χ3n) is 3.92. The Hall–Kier alpha value is -1.00. The maximum Gasteiger partial charge on any atom is 0.128 e. The van der Waals surface area contributed by atoms with E-state index in [0.717, 1.165) is 44.0 Å². The predicted molar refractivity (Wildman–Crippen MR) is 72.7 cm³/mol. The quantitative estimate of drug-likeness (QED) is 0.912. The molecule has 2 N–H and O–H groups in total. The summed E-state index contributed by atoms with van der Waals surface area (Å²) in [5, 5.41) is 0. The van der Waals surface area contributed by atoms with Crippen molar-refractivity contribution in [2.45, 2.75) is 32.2 Å². The second-order valence-electron chi connectivity index (χ2n) is 5.61. The molecule has 0 aromatic heterocycles. The molecule has 1 aliphatic heterocycles. The van der Waals surface area contributed by atoms with Crippen LogP contribution in [0.15, 0.2) is 18.2 Å². The van der Waals surface area contributed by atoms with Gasteiger partial charge < -0.3 is 10.6 Å². The molecule has 2 atom stereocenters. The summed E-state index contributed by atoms with van der Waals surface area (Å²) in [5.74, 6) is -0.111. The molecule has 0 amide bonds. The van der Waals surface area contributed by atoms with Crippen LogP contribution in [0.2, 0.25) is 0 Å². The molecule has 19 heavy (non-hydrogen) atoms. The summed E-state index contributed by atoms with van der Waals surface area (Å²) in [5.41, 5.74) is 6.31. The van der Waals surface area contributed by atoms with Crippen LogP contribution in [0.1, 0.15) is 37.8 Å². The first-order chi connectivity index (χ1) is 9.06. The third kappa shape index (κ3) is 3.98. The lowest BCUT2D eigenvalue weighted by atomic mass is 10.0. The standard InChI is InChI=1S/C15H22F2N2/c1-11-3-2-7-19(8-6-11)10-15(18)13-9-12(16)4-5-14(13)17/h4-5,9,11,15H,2-3,6-8,10,18H2,1H3. The molecule has 1 aromatic carbocycles. The topological polar surface area (TPSA) is 29.3 Å². The summed E-state index contributed by atoms with van der Waals surface area (Å²) in [4.78, 5) is 2.26. The molecule has 1 heterocycles. The lowest BCUT2D eigenvalue weighted by Gasteiger charge is -2.24. The normalized spacial score (nSPS) is 23.1. The molecular formula is C15H22F2N2. The van der Waals surface area contributed by atoms with E-state index in [9.17, 15) is 8.78 Å². The van der Waals surface area contributed by atoms with Gasteiger partial charge in [-0.2, -0.15) is 0 Å². The molecule has 0 aliphatic carbocycles. The molecule has 2 nitrogen and oxygen atoms in total. The first-order valence-corrected chi connectivity index (χ1v) is 6.99. The Kier molecular flexibility index (Phi) is 4.88. The second-order valence-corrected chi connectivity index (χ2v) is 5.61. The van der Waals surface area contributed by atoms with Crippen LogP contribution in [0.25, 0.3) is 0 Å². The maximum atomic E-state index is 13.7. The van der Waals surface area contributed by atoms with Crippen molar-refractivity contribution in [2.24, 2.45) is 11.7 Å². The second kappa shape index (κ2) is 6.44. The molecule has 0 saturated carbocycles. The lowest BCUT2D eigenvalue weighted by molar-refractivity contribution is 0.263. The van der Waals surface area contributed by atoms with Crippen molar-refractivity contribution in [3.8, 4) is 0 Å². The van der Waals surface area contributed by atoms with Crippen LogP contribution in [0.4, 0.5) is 8.78 Å². The van der Waals surface area contributed by atoms with Gasteiger partial charge in [-0.25, -0.2) is 8.78 Å². The van der Waals surface area contributed by atoms with Gasteiger partial charge in [0.15, 0.2) is 0 Å². The van der Waals surface area contributed by atoms with Crippen molar-refractivity contribution in [3.63, 3.8) is 0 Å². The number of rotatable bonds is 3. The molecule has 2 unspecified atom stereocenters. The van der Waals surface area contributed by atoms with Crippen LogP contribution in [0.5, 0.6) is 0 Å². The fourth-order valence-electron chi connectivity index (χ4n) is 2.68. The van der Waals surface area contributed by atoms with Gasteiger partial charge in [0.05, 0.1) is 0 Å². The van der Waals surface area contributed by atoms with Gasteiger partial charge in [-0.3, -0.25) is 0 Å². The molecule has 1 aromatic rings. The molecule has 0 radical (unpaired) electrons. The van der Waals surface area contributed by atoms with E-state index in [1.165, 1.54) is 12.5 Å². The van der Waals surface area contributed by atoms with Crippen molar-refractivity contribution in [1.29, 1.82) is 0 Å². The number of hydrogen-bond acceptors (Lipinski definition) is 2. The van der Waals surface area contributed by atoms with Gasteiger partial charge in [0.2, 0.25) is 0 Å². The van der Waals surface area contributed by atoms with E-state index >= 15 is 0 Å². The van der Waals surface area contributed by atoms with Gasteiger partial charge in [0.25, 0.3) is 0 Å². The summed E-state index contributed by atoms with van der Waals surface area (Å²) in [6.07, 6.45) is 3.54. The largest absolute Gasteiger partial charge is 0.323 e. The van der Waals surface area contributed by atoms with E-state index in [0.29, 0.717) is 6.54 Å². The number of hydrogen-bond donors (Lipinski definition) is 1. The van der Waals surface area contributed by atoms with Crippen molar-refractivity contribution < 1.29 is 8.78 Å². The van der Waals surface area contributed by atoms with Crippen molar-refractivity contribution in [1.82, 2.24) is 4.90 Å². The van der Waals surface area contributed by atoms with Gasteiger partial charge in [0, 0.05) is 18.2 Å². The van der Waals surface area contributed by atoms with Crippen molar-refractivity contribution >= 4 is 0 Å². The zero-order chi connectivity index (χ0) is 13.8. The van der Waals surface area contributed by atoms with Crippen LogP contribution in [0, 0.1) is 17.6 Å². The number of benzene rings is 1. The van der Waals surface area contributed by atoms with Crippen LogP contribution in [-0.4, -0.2) is 24.5 Å². The monoisotopic (exact) mass is 268 g/mol. The molecule has 2 rings (SSSR count). The van der Waals surface area contributed by atoms with Gasteiger partial charge >= 0.3 is 0 Å². The lowest BCUT2D eigenvalue weighted by Crippen LogP contribution is -2.33. The molecule has 4 heteroatoms. The Balaban J connectivity index is 2.00. The van der Waals surface area contributed by atoms with E-state index in [4.69, 9.17) is 5.73 Å². The summed E-state index contributed by atoms with van der Waals surface area (Å²) < 4.78 is 26.8. The Morgan fingerprint density at radius 2 is 2.11 bits per heavy atom. The zero-order valence-electron chi connectivity index (χ0n) is 11.4. The highest BCUT2D eigenvalue weighted by atomic mass is 19.1. The SMILES string of the molecule is CC1CCCN(CC(N)c2cc(F)ccc2F)CC1. The van der Waals surface area contributed by atoms with Crippen LogP contribution >= 0.6 is 0 Å². The maximum absolute atomic E-state index is 13.7. The molecule has 1 fully saturated rings. The van der Waals surface area contributed by atoms with Crippen LogP contribution < -0.4 is 5.73 Å². The van der Waals surface area contributed by atoms with E-state index in [-0.39, 0.29) is 5.56 Å². The summed E-state index contributed by atoms with van der Waals surface area (Å²) in [6.45, 7) is 4.84. The number of likely N-dealkylation sites (tertiary alicyclic amines) is 1. The smallest absolute Gasteiger partial charge is 0.128 e. The fourth-order valence-corrected chi connectivity index (χ4v) is 2.68. The minimum absolute atomic E-state index is 0.275. The summed E-state index contributed by atoms with van der Waals surface area (Å²) >= 11 is 0. The average molecular weight is 268 g/mol. The van der Waals surface area contributed by atoms with Gasteiger partial charge in [-0.05, 0) is 56.5 Å². The predicted octanol–water partition coefficient (Wildman–Crippen LogP) is 3.09. The highest BCUT2D eigenvalue weighted by Crippen LogP contribution is 2.21. The molecule has 0 spiro atoms. The Labute approximate surface area is 113 Å². The molecule has 0 bridgehead atoms. The Morgan fingerprint density at radius 1 is 1.32 bits per heavy atom. The van der Waals surface area contributed by atoms with Crippen LogP contribution in [-0.2, 0) is 0 Å². The number of nitrogens with zero attached hydrogens (tertiary/aromatic N) is 1. The molecule has 106 valence electrons. The fraction of sp³-hybridized carbons (Fsp3) is 0.600. The van der Waals surface area contributed by atoms with E-state index < -0.39 is 17.7 Å². The third-order valence-corrected chi connectivity index (χ3v) is 3.92. The first kappa shape index (κ1) is 14.4. The van der Waals surface area contributed by atoms with Gasteiger partial charge in [-0.1, -0.05) is 6.92 Å². The molecule has 1 aliphatic rings. The Bertz CT molecular complexity index is 423. The van der Waals surface area contributed by atoms with Crippen LogP contribution in [0.3, 0.4) is 0 Å². The van der Waals surface area contributed by atoms with E-state index in [1.807, 2.05) is 0 Å². The van der Waals surface area contributed by atoms with E-state index in [2.05, 4.69) is 11.8 Å². The number of nitrogens with two attached hydrogens (primary N) is 1. The summed E-state index contributed by atoms with van der Waals surface area (Å²) in [7, 11) is 0. The highest BCUT2D eigenvalue weighted by molar-refractivity contribution is 5.22. The molecule has 1 saturated heterocycles. The van der Waals surface area contributed by atoms with E-state index in [1.54, 1.807) is 0 Å². The number of halogens is 2. The summed E-state index contributed by atoms with van der Waals surface area (Å²) in [6, 6.07) is 3.01. The van der Waals surface area contributed by atoms with Crippen molar-refractivity contribution in [3.05, 3.63) is 35.4 Å². The minimum atomic E-state index is -0.468. The average Bonchev–Trinajstić information content (AvgIpc) is 2.57. The first-order valence-electron chi connectivity index (χ1n) is 6.99. The zero-order valence-corrected chi connectivity index (χ0v) is 11.4.